The van der Waals surface area contributed by atoms with Gasteiger partial charge in [0.2, 0.25) is 0 Å². The molecule has 0 saturated carbocycles. The van der Waals surface area contributed by atoms with Crippen molar-refractivity contribution in [2.45, 2.75) is 52.0 Å². The second-order valence-corrected chi connectivity index (χ2v) is 6.80. The average molecular weight is 346 g/mol. The molecule has 1 saturated heterocycles. The fourth-order valence-electron chi connectivity index (χ4n) is 2.74. The van der Waals surface area contributed by atoms with E-state index in [0.717, 1.165) is 23.3 Å². The second-order valence-electron chi connectivity index (χ2n) is 6.80. The molecule has 0 bridgehead atoms. The average Bonchev–Trinajstić information content (AvgIpc) is 2.79. The van der Waals surface area contributed by atoms with Crippen LogP contribution in [0, 0.1) is 0 Å². The van der Waals surface area contributed by atoms with E-state index in [4.69, 9.17) is 4.74 Å². The Balaban J connectivity index is 2.12. The van der Waals surface area contributed by atoms with Crippen LogP contribution in [0.1, 0.15) is 57.6 Å². The third-order valence-electron chi connectivity index (χ3n) is 4.48. The first-order chi connectivity index (χ1) is 11.8. The van der Waals surface area contributed by atoms with E-state index in [2.05, 4.69) is 19.2 Å². The normalized spacial score (nSPS) is 20.1. The molecule has 0 spiro atoms. The number of hydrogen-bond acceptors (Lipinski definition) is 4. The number of hydrogen-bond donors (Lipinski definition) is 1. The highest BCUT2D eigenvalue weighted by Gasteiger charge is 2.49. The Morgan fingerprint density at radius 2 is 1.88 bits per heavy atom. The van der Waals surface area contributed by atoms with E-state index in [-0.39, 0.29) is 6.54 Å². The highest BCUT2D eigenvalue weighted by atomic mass is 16.5. The van der Waals surface area contributed by atoms with Gasteiger partial charge >= 0.3 is 12.0 Å². The second kappa shape index (κ2) is 7.68. The van der Waals surface area contributed by atoms with Gasteiger partial charge in [-0.2, -0.15) is 0 Å². The fourth-order valence-corrected chi connectivity index (χ4v) is 2.74. The lowest BCUT2D eigenvalue weighted by atomic mass is 9.90. The summed E-state index contributed by atoms with van der Waals surface area (Å²) in [5, 5.41) is 2.70. The maximum atomic E-state index is 12.8. The molecule has 2 rings (SSSR count). The highest BCUT2D eigenvalue weighted by Crippen LogP contribution is 2.29. The topological polar surface area (TPSA) is 75.7 Å². The number of rotatable bonds is 7. The molecule has 3 amide bonds. The standard InChI is InChI=1S/C19H26N2O4/c1-5-6-11-25-16(22)12-21-17(23)19(4,20-18(21)24)15-9-7-14(8-10-15)13(2)3/h7-10,13H,5-6,11-12H2,1-4H3,(H,20,24). The predicted octanol–water partition coefficient (Wildman–Crippen LogP) is 2.92. The maximum absolute atomic E-state index is 12.8. The number of benzene rings is 1. The molecule has 6 nitrogen and oxygen atoms in total. The Morgan fingerprint density at radius 1 is 1.24 bits per heavy atom. The van der Waals surface area contributed by atoms with Crippen molar-refractivity contribution < 1.29 is 19.1 Å². The summed E-state index contributed by atoms with van der Waals surface area (Å²) in [6.45, 7) is 7.75. The van der Waals surface area contributed by atoms with Gasteiger partial charge in [-0.25, -0.2) is 4.79 Å². The molecule has 1 fully saturated rings. The number of carbonyl (C=O) groups excluding carboxylic acids is 3. The predicted molar refractivity (Wildman–Crippen MR) is 94.0 cm³/mol. The Kier molecular flexibility index (Phi) is 5.82. The minimum absolute atomic E-state index is 0.299. The number of nitrogens with one attached hydrogen (secondary N) is 1. The third kappa shape index (κ3) is 4.00. The monoisotopic (exact) mass is 346 g/mol. The lowest BCUT2D eigenvalue weighted by Gasteiger charge is -2.22. The van der Waals surface area contributed by atoms with Gasteiger partial charge in [0.25, 0.3) is 5.91 Å². The Bertz CT molecular complexity index is 654. The van der Waals surface area contributed by atoms with E-state index < -0.39 is 23.4 Å². The van der Waals surface area contributed by atoms with Gasteiger partial charge in [0.1, 0.15) is 12.1 Å². The molecule has 1 aliphatic rings. The Morgan fingerprint density at radius 3 is 2.44 bits per heavy atom. The summed E-state index contributed by atoms with van der Waals surface area (Å²) >= 11 is 0. The molecule has 6 heteroatoms. The molecule has 0 aromatic heterocycles. The van der Waals surface area contributed by atoms with Crippen LogP contribution in [0.15, 0.2) is 24.3 Å². The van der Waals surface area contributed by atoms with Crippen molar-refractivity contribution in [3.8, 4) is 0 Å². The molecular weight excluding hydrogens is 320 g/mol. The van der Waals surface area contributed by atoms with Gasteiger partial charge in [0, 0.05) is 0 Å². The van der Waals surface area contributed by atoms with Crippen molar-refractivity contribution in [3.63, 3.8) is 0 Å². The summed E-state index contributed by atoms with van der Waals surface area (Å²) in [7, 11) is 0. The van der Waals surface area contributed by atoms with Crippen LogP contribution in [-0.4, -0.2) is 36.0 Å². The first-order valence-electron chi connectivity index (χ1n) is 8.69. The van der Waals surface area contributed by atoms with Crippen molar-refractivity contribution in [1.29, 1.82) is 0 Å². The lowest BCUT2D eigenvalue weighted by Crippen LogP contribution is -2.41. The number of nitrogens with zero attached hydrogens (tertiary/aromatic N) is 1. The first-order valence-corrected chi connectivity index (χ1v) is 8.69. The summed E-state index contributed by atoms with van der Waals surface area (Å²) in [4.78, 5) is 37.7. The summed E-state index contributed by atoms with van der Waals surface area (Å²) in [5.74, 6) is -0.635. The van der Waals surface area contributed by atoms with Crippen molar-refractivity contribution in [2.75, 3.05) is 13.2 Å². The molecule has 1 aromatic rings. The van der Waals surface area contributed by atoms with Gasteiger partial charge in [-0.1, -0.05) is 51.5 Å². The van der Waals surface area contributed by atoms with E-state index in [0.29, 0.717) is 18.1 Å². The molecule has 25 heavy (non-hydrogen) atoms. The zero-order valence-electron chi connectivity index (χ0n) is 15.3. The summed E-state index contributed by atoms with van der Waals surface area (Å²) in [6.07, 6.45) is 1.66. The highest BCUT2D eigenvalue weighted by molar-refractivity contribution is 6.08. The third-order valence-corrected chi connectivity index (χ3v) is 4.48. The van der Waals surface area contributed by atoms with Crippen LogP contribution < -0.4 is 5.32 Å². The Labute approximate surface area is 148 Å². The zero-order valence-corrected chi connectivity index (χ0v) is 15.3. The van der Waals surface area contributed by atoms with E-state index >= 15 is 0 Å². The molecule has 1 aliphatic heterocycles. The minimum atomic E-state index is -1.17. The number of esters is 1. The molecule has 0 aliphatic carbocycles. The molecule has 1 atom stereocenters. The number of urea groups is 1. The summed E-state index contributed by atoms with van der Waals surface area (Å²) in [5.41, 5.74) is 0.675. The van der Waals surface area contributed by atoms with E-state index in [1.807, 2.05) is 31.2 Å². The fraction of sp³-hybridized carbons (Fsp3) is 0.526. The van der Waals surface area contributed by atoms with Gasteiger partial charge in [0.05, 0.1) is 6.61 Å². The molecule has 136 valence electrons. The largest absolute Gasteiger partial charge is 0.464 e. The van der Waals surface area contributed by atoms with E-state index in [9.17, 15) is 14.4 Å². The molecule has 1 unspecified atom stereocenters. The van der Waals surface area contributed by atoms with Crippen molar-refractivity contribution in [3.05, 3.63) is 35.4 Å². The molecule has 1 N–H and O–H groups in total. The summed E-state index contributed by atoms with van der Waals surface area (Å²) in [6, 6.07) is 7.01. The van der Waals surface area contributed by atoms with Crippen LogP contribution in [0.5, 0.6) is 0 Å². The van der Waals surface area contributed by atoms with E-state index in [1.54, 1.807) is 6.92 Å². The van der Waals surface area contributed by atoms with Gasteiger partial charge in [-0.15, -0.1) is 0 Å². The van der Waals surface area contributed by atoms with Gasteiger partial charge in [0.15, 0.2) is 0 Å². The van der Waals surface area contributed by atoms with Crippen molar-refractivity contribution in [1.82, 2.24) is 10.2 Å². The minimum Gasteiger partial charge on any atom is -0.464 e. The van der Waals surface area contributed by atoms with Gasteiger partial charge in [-0.05, 0) is 30.4 Å². The number of ether oxygens (including phenoxy) is 1. The van der Waals surface area contributed by atoms with Crippen LogP contribution in [0.4, 0.5) is 4.79 Å². The van der Waals surface area contributed by atoms with Crippen molar-refractivity contribution >= 4 is 17.9 Å². The molecular formula is C19H26N2O4. The number of imide groups is 1. The SMILES string of the molecule is CCCCOC(=O)CN1C(=O)NC(C)(c2ccc(C(C)C)cc2)C1=O. The Hall–Kier alpha value is -2.37. The van der Waals surface area contributed by atoms with Gasteiger partial charge < -0.3 is 10.1 Å². The van der Waals surface area contributed by atoms with Crippen LogP contribution in [-0.2, 0) is 19.9 Å². The molecule has 1 heterocycles. The van der Waals surface area contributed by atoms with Crippen LogP contribution in [0.25, 0.3) is 0 Å². The van der Waals surface area contributed by atoms with E-state index in [1.165, 1.54) is 0 Å². The van der Waals surface area contributed by atoms with Crippen LogP contribution in [0.2, 0.25) is 0 Å². The number of unbranched alkanes of at least 4 members (excludes halogenated alkanes) is 1. The van der Waals surface area contributed by atoms with Crippen LogP contribution in [0.3, 0.4) is 0 Å². The molecule has 1 aromatic carbocycles. The lowest BCUT2D eigenvalue weighted by molar-refractivity contribution is -0.147. The smallest absolute Gasteiger partial charge is 0.326 e. The molecule has 0 radical (unpaired) electrons. The van der Waals surface area contributed by atoms with Crippen LogP contribution >= 0.6 is 0 Å². The quantitative estimate of drug-likeness (QED) is 0.468. The number of amides is 3. The summed E-state index contributed by atoms with van der Waals surface area (Å²) < 4.78 is 5.04. The number of carbonyl (C=O) groups is 3. The first kappa shape index (κ1) is 19.0. The van der Waals surface area contributed by atoms with Gasteiger partial charge in [-0.3, -0.25) is 14.5 Å². The van der Waals surface area contributed by atoms with Crippen molar-refractivity contribution in [2.24, 2.45) is 0 Å². The zero-order chi connectivity index (χ0) is 18.6. The maximum Gasteiger partial charge on any atom is 0.326 e.